The third-order valence-electron chi connectivity index (χ3n) is 3.87. The van der Waals surface area contributed by atoms with Crippen molar-refractivity contribution in [3.63, 3.8) is 0 Å². The third kappa shape index (κ3) is 4.67. The van der Waals surface area contributed by atoms with E-state index in [1.807, 2.05) is 30.3 Å². The molecule has 2 rings (SSSR count). The first-order valence-corrected chi connectivity index (χ1v) is 7.28. The van der Waals surface area contributed by atoms with Crippen LogP contribution in [0.1, 0.15) is 44.1 Å². The van der Waals surface area contributed by atoms with Crippen LogP contribution in [0, 0.1) is 0 Å². The number of hydrogen-bond acceptors (Lipinski definition) is 2. The summed E-state index contributed by atoms with van der Waals surface area (Å²) in [5, 5.41) is 12.7. The van der Waals surface area contributed by atoms with Crippen LogP contribution in [-0.2, 0) is 11.2 Å². The van der Waals surface area contributed by atoms with Crippen molar-refractivity contribution in [1.82, 2.24) is 5.32 Å². The molecule has 3 nitrogen and oxygen atoms in total. The molecule has 1 atom stereocenters. The first-order chi connectivity index (χ1) is 9.25. The molecule has 1 aliphatic carbocycles. The molecule has 3 heteroatoms. The summed E-state index contributed by atoms with van der Waals surface area (Å²) < 4.78 is 0. The van der Waals surface area contributed by atoms with Gasteiger partial charge < -0.3 is 10.4 Å². The quantitative estimate of drug-likeness (QED) is 0.801. The summed E-state index contributed by atoms with van der Waals surface area (Å²) >= 11 is 0. The predicted octanol–water partition coefficient (Wildman–Crippen LogP) is 2.99. The Balaban J connectivity index is 1.94. The minimum Gasteiger partial charge on any atom is -0.480 e. The highest BCUT2D eigenvalue weighted by Gasteiger charge is 2.22. The van der Waals surface area contributed by atoms with Crippen LogP contribution in [0.3, 0.4) is 0 Å². The highest BCUT2D eigenvalue weighted by molar-refractivity contribution is 5.74. The van der Waals surface area contributed by atoms with Crippen LogP contribution in [0.2, 0.25) is 0 Å². The lowest BCUT2D eigenvalue weighted by Crippen LogP contribution is -2.44. The Kier molecular flexibility index (Phi) is 5.40. The van der Waals surface area contributed by atoms with Gasteiger partial charge in [0.15, 0.2) is 0 Å². The van der Waals surface area contributed by atoms with Gasteiger partial charge in [0.25, 0.3) is 0 Å². The van der Waals surface area contributed by atoms with Gasteiger partial charge in [0.1, 0.15) is 6.04 Å². The van der Waals surface area contributed by atoms with E-state index in [4.69, 9.17) is 0 Å². The summed E-state index contributed by atoms with van der Waals surface area (Å²) in [7, 11) is 0. The first-order valence-electron chi connectivity index (χ1n) is 7.28. The smallest absolute Gasteiger partial charge is 0.321 e. The Labute approximate surface area is 115 Å². The minimum atomic E-state index is -0.742. The van der Waals surface area contributed by atoms with Crippen molar-refractivity contribution >= 4 is 5.97 Å². The van der Waals surface area contributed by atoms with E-state index in [9.17, 15) is 9.90 Å². The fraction of sp³-hybridized carbons (Fsp3) is 0.562. The van der Waals surface area contributed by atoms with E-state index in [1.54, 1.807) is 0 Å². The molecular formula is C16H23NO2. The van der Waals surface area contributed by atoms with Gasteiger partial charge in [0, 0.05) is 6.04 Å². The van der Waals surface area contributed by atoms with Crippen molar-refractivity contribution in [2.45, 2.75) is 57.0 Å². The number of carbonyl (C=O) groups is 1. The fourth-order valence-corrected chi connectivity index (χ4v) is 2.80. The molecule has 1 saturated carbocycles. The molecule has 0 aliphatic heterocycles. The van der Waals surface area contributed by atoms with E-state index < -0.39 is 12.0 Å². The normalized spacial score (nSPS) is 18.7. The standard InChI is InChI=1S/C16H23NO2/c18-16(19)15(12-13-8-4-3-5-9-13)17-14-10-6-1-2-7-11-14/h3-5,8-9,14-15,17H,1-2,6-7,10-12H2,(H,18,19)/t15-/m0/s1. The molecule has 104 valence electrons. The summed E-state index contributed by atoms with van der Waals surface area (Å²) in [6, 6.07) is 9.76. The molecule has 0 heterocycles. The Hall–Kier alpha value is -1.35. The van der Waals surface area contributed by atoms with E-state index in [-0.39, 0.29) is 0 Å². The maximum atomic E-state index is 11.4. The summed E-state index contributed by atoms with van der Waals surface area (Å²) in [6.45, 7) is 0. The van der Waals surface area contributed by atoms with Crippen LogP contribution >= 0.6 is 0 Å². The third-order valence-corrected chi connectivity index (χ3v) is 3.87. The molecule has 1 aromatic rings. The van der Waals surface area contributed by atoms with E-state index in [2.05, 4.69) is 5.32 Å². The van der Waals surface area contributed by atoms with Crippen LogP contribution in [0.4, 0.5) is 0 Å². The number of benzene rings is 1. The maximum absolute atomic E-state index is 11.4. The molecule has 0 amide bonds. The van der Waals surface area contributed by atoms with Crippen molar-refractivity contribution in [2.24, 2.45) is 0 Å². The van der Waals surface area contributed by atoms with Gasteiger partial charge in [-0.3, -0.25) is 4.79 Å². The molecule has 1 aromatic carbocycles. The second-order valence-corrected chi connectivity index (χ2v) is 5.44. The van der Waals surface area contributed by atoms with Gasteiger partial charge in [0.05, 0.1) is 0 Å². The molecule has 19 heavy (non-hydrogen) atoms. The van der Waals surface area contributed by atoms with Gasteiger partial charge in [-0.1, -0.05) is 56.0 Å². The van der Waals surface area contributed by atoms with Gasteiger partial charge in [-0.05, 0) is 24.8 Å². The molecule has 0 bridgehead atoms. The number of aliphatic carboxylic acids is 1. The second kappa shape index (κ2) is 7.29. The second-order valence-electron chi connectivity index (χ2n) is 5.44. The zero-order valence-corrected chi connectivity index (χ0v) is 11.3. The Morgan fingerprint density at radius 1 is 1.16 bits per heavy atom. The molecule has 2 N–H and O–H groups in total. The number of hydrogen-bond donors (Lipinski definition) is 2. The van der Waals surface area contributed by atoms with Gasteiger partial charge in [-0.2, -0.15) is 0 Å². The summed E-state index contributed by atoms with van der Waals surface area (Å²) in [5.74, 6) is -0.742. The van der Waals surface area contributed by atoms with Gasteiger partial charge in [-0.25, -0.2) is 0 Å². The molecular weight excluding hydrogens is 238 g/mol. The molecule has 0 aromatic heterocycles. The number of rotatable bonds is 5. The van der Waals surface area contributed by atoms with Crippen molar-refractivity contribution in [3.05, 3.63) is 35.9 Å². The Morgan fingerprint density at radius 2 is 1.79 bits per heavy atom. The summed E-state index contributed by atoms with van der Waals surface area (Å²) in [6.07, 6.45) is 7.79. The van der Waals surface area contributed by atoms with Crippen molar-refractivity contribution in [1.29, 1.82) is 0 Å². The maximum Gasteiger partial charge on any atom is 0.321 e. The van der Waals surface area contributed by atoms with Crippen LogP contribution in [0.15, 0.2) is 30.3 Å². The largest absolute Gasteiger partial charge is 0.480 e. The van der Waals surface area contributed by atoms with E-state index in [0.717, 1.165) is 18.4 Å². The SMILES string of the molecule is O=C(O)[C@H](Cc1ccccc1)NC1CCCCCC1. The molecule has 0 unspecified atom stereocenters. The lowest BCUT2D eigenvalue weighted by atomic mass is 10.0. The Bertz CT molecular complexity index is 383. The highest BCUT2D eigenvalue weighted by atomic mass is 16.4. The van der Waals surface area contributed by atoms with Gasteiger partial charge >= 0.3 is 5.97 Å². The average molecular weight is 261 g/mol. The number of carboxylic acids is 1. The molecule has 0 radical (unpaired) electrons. The summed E-state index contributed by atoms with van der Waals surface area (Å²) in [5.41, 5.74) is 1.08. The van der Waals surface area contributed by atoms with E-state index >= 15 is 0 Å². The summed E-state index contributed by atoms with van der Waals surface area (Å²) in [4.78, 5) is 11.4. The topological polar surface area (TPSA) is 49.3 Å². The highest BCUT2D eigenvalue weighted by Crippen LogP contribution is 2.18. The first kappa shape index (κ1) is 14.1. The lowest BCUT2D eigenvalue weighted by molar-refractivity contribution is -0.139. The van der Waals surface area contributed by atoms with Crippen molar-refractivity contribution in [3.8, 4) is 0 Å². The number of carboxylic acid groups (broad SMARTS) is 1. The van der Waals surface area contributed by atoms with Crippen molar-refractivity contribution in [2.75, 3.05) is 0 Å². The lowest BCUT2D eigenvalue weighted by Gasteiger charge is -2.22. The Morgan fingerprint density at radius 3 is 2.37 bits per heavy atom. The molecule has 1 fully saturated rings. The van der Waals surface area contributed by atoms with Crippen LogP contribution < -0.4 is 5.32 Å². The molecule has 0 spiro atoms. The zero-order valence-electron chi connectivity index (χ0n) is 11.3. The van der Waals surface area contributed by atoms with E-state index in [1.165, 1.54) is 25.7 Å². The number of nitrogens with one attached hydrogen (secondary N) is 1. The predicted molar refractivity (Wildman–Crippen MR) is 76.2 cm³/mol. The monoisotopic (exact) mass is 261 g/mol. The van der Waals surface area contributed by atoms with Crippen LogP contribution in [0.5, 0.6) is 0 Å². The van der Waals surface area contributed by atoms with E-state index in [0.29, 0.717) is 12.5 Å². The molecule has 1 aliphatic rings. The van der Waals surface area contributed by atoms with Crippen LogP contribution in [0.25, 0.3) is 0 Å². The van der Waals surface area contributed by atoms with Gasteiger partial charge in [0.2, 0.25) is 0 Å². The average Bonchev–Trinajstić information content (AvgIpc) is 2.68. The van der Waals surface area contributed by atoms with Gasteiger partial charge in [-0.15, -0.1) is 0 Å². The van der Waals surface area contributed by atoms with Crippen molar-refractivity contribution < 1.29 is 9.90 Å². The van der Waals surface area contributed by atoms with Crippen LogP contribution in [-0.4, -0.2) is 23.2 Å². The molecule has 0 saturated heterocycles. The fourth-order valence-electron chi connectivity index (χ4n) is 2.80. The zero-order chi connectivity index (χ0) is 13.5. The minimum absolute atomic E-state index is 0.368.